The number of nitrogens with zero attached hydrogens (tertiary/aromatic N) is 1. The Kier molecular flexibility index (Phi) is 5.56. The summed E-state index contributed by atoms with van der Waals surface area (Å²) >= 11 is 5.79. The van der Waals surface area contributed by atoms with Crippen LogP contribution in [0.2, 0.25) is 5.02 Å². The Morgan fingerprint density at radius 3 is 2.72 bits per heavy atom. The molecule has 1 aromatic carbocycles. The van der Waals surface area contributed by atoms with Crippen molar-refractivity contribution in [3.05, 3.63) is 28.8 Å². The van der Waals surface area contributed by atoms with Crippen molar-refractivity contribution in [3.63, 3.8) is 0 Å². The number of unbranched alkanes of at least 4 members (excludes halogenated alkanes) is 1. The Morgan fingerprint density at radius 2 is 2.11 bits per heavy atom. The number of nitrogens with one attached hydrogen (secondary N) is 1. The fourth-order valence-electron chi connectivity index (χ4n) is 1.39. The lowest BCUT2D eigenvalue weighted by Gasteiger charge is -2.08. The van der Waals surface area contributed by atoms with E-state index >= 15 is 0 Å². The zero-order chi connectivity index (χ0) is 13.6. The minimum absolute atomic E-state index is 0.0366. The molecule has 0 atom stereocenters. The van der Waals surface area contributed by atoms with Crippen LogP contribution >= 0.6 is 11.6 Å². The summed E-state index contributed by atoms with van der Waals surface area (Å²) in [6.45, 7) is 0.805. The van der Waals surface area contributed by atoms with Crippen molar-refractivity contribution in [3.8, 4) is 6.07 Å². The van der Waals surface area contributed by atoms with Crippen molar-refractivity contribution in [2.45, 2.75) is 17.7 Å². The second kappa shape index (κ2) is 6.71. The van der Waals surface area contributed by atoms with E-state index in [1.54, 1.807) is 6.07 Å². The summed E-state index contributed by atoms with van der Waals surface area (Å²) in [5.74, 6) is 0. The first kappa shape index (κ1) is 14.9. The first-order valence-corrected chi connectivity index (χ1v) is 7.27. The van der Waals surface area contributed by atoms with E-state index in [4.69, 9.17) is 22.6 Å². The van der Waals surface area contributed by atoms with Gasteiger partial charge < -0.3 is 5.73 Å². The summed E-state index contributed by atoms with van der Waals surface area (Å²) in [5.41, 5.74) is 5.28. The van der Waals surface area contributed by atoms with Crippen LogP contribution in [0.1, 0.15) is 18.4 Å². The summed E-state index contributed by atoms with van der Waals surface area (Å²) in [6.07, 6.45) is 1.39. The van der Waals surface area contributed by atoms with E-state index in [1.807, 2.05) is 0 Å². The molecule has 98 valence electrons. The van der Waals surface area contributed by atoms with Gasteiger partial charge in [0.1, 0.15) is 11.0 Å². The average Bonchev–Trinajstić information content (AvgIpc) is 2.34. The molecule has 0 fully saturated rings. The van der Waals surface area contributed by atoms with Gasteiger partial charge in [-0.15, -0.1) is 0 Å². The molecule has 0 aliphatic carbocycles. The first-order chi connectivity index (χ1) is 8.53. The molecule has 18 heavy (non-hydrogen) atoms. The molecule has 0 heterocycles. The maximum Gasteiger partial charge on any atom is 0.241 e. The third-order valence-corrected chi connectivity index (χ3v) is 4.12. The van der Waals surface area contributed by atoms with Gasteiger partial charge in [0.15, 0.2) is 0 Å². The maximum atomic E-state index is 12.0. The lowest BCUT2D eigenvalue weighted by molar-refractivity contribution is 0.577. The minimum Gasteiger partial charge on any atom is -0.330 e. The van der Waals surface area contributed by atoms with Gasteiger partial charge in [0, 0.05) is 6.54 Å². The van der Waals surface area contributed by atoms with Crippen molar-refractivity contribution in [1.29, 1.82) is 5.26 Å². The first-order valence-electron chi connectivity index (χ1n) is 5.41. The topological polar surface area (TPSA) is 96.0 Å². The van der Waals surface area contributed by atoms with E-state index in [-0.39, 0.29) is 22.0 Å². The van der Waals surface area contributed by atoms with E-state index in [0.29, 0.717) is 13.0 Å². The summed E-state index contributed by atoms with van der Waals surface area (Å²) in [7, 11) is -3.70. The van der Waals surface area contributed by atoms with Gasteiger partial charge in [0.2, 0.25) is 10.0 Å². The molecule has 0 aromatic heterocycles. The highest BCUT2D eigenvalue weighted by Crippen LogP contribution is 2.22. The zero-order valence-electron chi connectivity index (χ0n) is 9.69. The summed E-state index contributed by atoms with van der Waals surface area (Å²) < 4.78 is 26.4. The number of hydrogen-bond acceptors (Lipinski definition) is 4. The third kappa shape index (κ3) is 3.68. The van der Waals surface area contributed by atoms with Crippen LogP contribution in [-0.4, -0.2) is 21.5 Å². The van der Waals surface area contributed by atoms with Gasteiger partial charge in [0.05, 0.1) is 10.6 Å². The number of rotatable bonds is 6. The second-order valence-electron chi connectivity index (χ2n) is 3.62. The average molecular weight is 288 g/mol. The van der Waals surface area contributed by atoms with E-state index in [1.165, 1.54) is 18.2 Å². The standard InChI is InChI=1S/C11H14ClN3O2S/c12-10-4-3-5-11(9(10)8-14)18(16,17)15-7-2-1-6-13/h3-5,15H,1-2,6-7,13H2. The Hall–Kier alpha value is -1.13. The molecule has 0 saturated carbocycles. The van der Waals surface area contributed by atoms with Crippen LogP contribution in [0.3, 0.4) is 0 Å². The van der Waals surface area contributed by atoms with Crippen LogP contribution in [0.5, 0.6) is 0 Å². The second-order valence-corrected chi connectivity index (χ2v) is 5.76. The van der Waals surface area contributed by atoms with Gasteiger partial charge >= 0.3 is 0 Å². The smallest absolute Gasteiger partial charge is 0.241 e. The van der Waals surface area contributed by atoms with Gasteiger partial charge in [-0.05, 0) is 31.5 Å². The van der Waals surface area contributed by atoms with Gasteiger partial charge in [-0.1, -0.05) is 17.7 Å². The molecule has 0 aliphatic rings. The molecule has 0 bridgehead atoms. The van der Waals surface area contributed by atoms with Crippen LogP contribution < -0.4 is 10.5 Å². The SMILES string of the molecule is N#Cc1c(Cl)cccc1S(=O)(=O)NCCCCN. The molecule has 1 rings (SSSR count). The van der Waals surface area contributed by atoms with Gasteiger partial charge in [-0.25, -0.2) is 13.1 Å². The molecular formula is C11H14ClN3O2S. The molecule has 0 aliphatic heterocycles. The molecule has 3 N–H and O–H groups in total. The summed E-state index contributed by atoms with van der Waals surface area (Å²) in [4.78, 5) is -0.0924. The quantitative estimate of drug-likeness (QED) is 0.769. The molecule has 1 aromatic rings. The van der Waals surface area contributed by atoms with Crippen molar-refractivity contribution >= 4 is 21.6 Å². The lowest BCUT2D eigenvalue weighted by Crippen LogP contribution is -2.26. The van der Waals surface area contributed by atoms with Gasteiger partial charge in [-0.3, -0.25) is 0 Å². The van der Waals surface area contributed by atoms with E-state index < -0.39 is 10.0 Å². The van der Waals surface area contributed by atoms with Crippen molar-refractivity contribution in [2.24, 2.45) is 5.73 Å². The highest BCUT2D eigenvalue weighted by Gasteiger charge is 2.19. The number of halogens is 1. The summed E-state index contributed by atoms with van der Waals surface area (Å²) in [5, 5.41) is 9.06. The van der Waals surface area contributed by atoms with Crippen LogP contribution in [0.4, 0.5) is 0 Å². The van der Waals surface area contributed by atoms with Crippen molar-refractivity contribution in [1.82, 2.24) is 4.72 Å². The van der Waals surface area contributed by atoms with Crippen LogP contribution in [0.15, 0.2) is 23.1 Å². The molecule has 0 spiro atoms. The van der Waals surface area contributed by atoms with Crippen molar-refractivity contribution < 1.29 is 8.42 Å². The van der Waals surface area contributed by atoms with Crippen LogP contribution in [0.25, 0.3) is 0 Å². The normalized spacial score (nSPS) is 11.2. The van der Waals surface area contributed by atoms with E-state index in [2.05, 4.69) is 4.72 Å². The number of sulfonamides is 1. The number of nitriles is 1. The third-order valence-electron chi connectivity index (χ3n) is 2.30. The highest BCUT2D eigenvalue weighted by atomic mass is 35.5. The molecule has 0 unspecified atom stereocenters. The predicted molar refractivity (Wildman–Crippen MR) is 69.6 cm³/mol. The highest BCUT2D eigenvalue weighted by molar-refractivity contribution is 7.89. The van der Waals surface area contributed by atoms with Crippen molar-refractivity contribution in [2.75, 3.05) is 13.1 Å². The van der Waals surface area contributed by atoms with E-state index in [9.17, 15) is 8.42 Å². The molecular weight excluding hydrogens is 274 g/mol. The largest absolute Gasteiger partial charge is 0.330 e. The predicted octanol–water partition coefficient (Wildman–Crippen LogP) is 1.23. The Labute approximate surface area is 112 Å². The number of nitrogens with two attached hydrogens (primary N) is 1. The zero-order valence-corrected chi connectivity index (χ0v) is 11.3. The Morgan fingerprint density at radius 1 is 1.39 bits per heavy atom. The molecule has 5 nitrogen and oxygen atoms in total. The minimum atomic E-state index is -3.70. The molecule has 0 amide bonds. The fraction of sp³-hybridized carbons (Fsp3) is 0.364. The summed E-state index contributed by atoms with van der Waals surface area (Å²) in [6, 6.07) is 6.13. The number of hydrogen-bond donors (Lipinski definition) is 2. The van der Waals surface area contributed by atoms with Gasteiger partial charge in [0.25, 0.3) is 0 Å². The number of benzene rings is 1. The lowest BCUT2D eigenvalue weighted by atomic mass is 10.2. The van der Waals surface area contributed by atoms with Gasteiger partial charge in [-0.2, -0.15) is 5.26 Å². The molecule has 0 radical (unpaired) electrons. The van der Waals surface area contributed by atoms with E-state index in [0.717, 1.165) is 6.42 Å². The van der Waals surface area contributed by atoms with Crippen LogP contribution in [0, 0.1) is 11.3 Å². The Balaban J connectivity index is 2.93. The molecule has 0 saturated heterocycles. The Bertz CT molecular complexity index is 552. The fourth-order valence-corrected chi connectivity index (χ4v) is 2.91. The molecule has 7 heteroatoms. The maximum absolute atomic E-state index is 12.0. The van der Waals surface area contributed by atoms with Crippen LogP contribution in [-0.2, 0) is 10.0 Å². The monoisotopic (exact) mass is 287 g/mol.